The summed E-state index contributed by atoms with van der Waals surface area (Å²) in [7, 11) is 3.49. The summed E-state index contributed by atoms with van der Waals surface area (Å²) in [4.78, 5) is 19.5. The Bertz CT molecular complexity index is 840. The van der Waals surface area contributed by atoms with E-state index in [1.165, 1.54) is 0 Å². The number of likely N-dealkylation sites (N-methyl/N-ethyl adjacent to an activating group) is 1. The second-order valence-corrected chi connectivity index (χ2v) is 7.49. The molecule has 1 amide bonds. The molecule has 2 heterocycles. The van der Waals surface area contributed by atoms with E-state index in [1.807, 2.05) is 51.2 Å². The minimum Gasteiger partial charge on any atom is -0.497 e. The van der Waals surface area contributed by atoms with Crippen molar-refractivity contribution in [1.82, 2.24) is 15.2 Å². The Morgan fingerprint density at radius 3 is 2.69 bits per heavy atom. The number of carbonyl (C=O) groups is 1. The molecule has 0 spiro atoms. The molecular formula is C22H29N3O4. The van der Waals surface area contributed by atoms with Crippen molar-refractivity contribution in [2.24, 2.45) is 5.92 Å². The molecular weight excluding hydrogens is 370 g/mol. The van der Waals surface area contributed by atoms with Gasteiger partial charge in [0.25, 0.3) is 5.91 Å². The maximum Gasteiger partial charge on any atom is 0.259 e. The van der Waals surface area contributed by atoms with Gasteiger partial charge in [0.15, 0.2) is 0 Å². The van der Waals surface area contributed by atoms with Gasteiger partial charge in [-0.25, -0.2) is 4.98 Å². The van der Waals surface area contributed by atoms with Crippen LogP contribution in [0, 0.1) is 5.92 Å². The molecule has 29 heavy (non-hydrogen) atoms. The molecule has 0 radical (unpaired) electrons. The molecule has 2 N–H and O–H groups in total. The van der Waals surface area contributed by atoms with Crippen LogP contribution in [0.25, 0.3) is 11.1 Å². The highest BCUT2D eigenvalue weighted by atomic mass is 16.5. The van der Waals surface area contributed by atoms with E-state index in [-0.39, 0.29) is 30.6 Å². The Kier molecular flexibility index (Phi) is 6.71. The van der Waals surface area contributed by atoms with Crippen molar-refractivity contribution < 1.29 is 19.4 Å². The monoisotopic (exact) mass is 399 g/mol. The lowest BCUT2D eigenvalue weighted by atomic mass is 9.99. The van der Waals surface area contributed by atoms with Gasteiger partial charge < -0.3 is 24.8 Å². The maximum atomic E-state index is 13.3. The fraction of sp³-hybridized carbons (Fsp3) is 0.455. The van der Waals surface area contributed by atoms with Gasteiger partial charge >= 0.3 is 0 Å². The van der Waals surface area contributed by atoms with Crippen LogP contribution in [0.4, 0.5) is 0 Å². The zero-order valence-corrected chi connectivity index (χ0v) is 17.4. The Morgan fingerprint density at radius 1 is 1.34 bits per heavy atom. The van der Waals surface area contributed by atoms with Gasteiger partial charge in [-0.3, -0.25) is 4.79 Å². The van der Waals surface area contributed by atoms with Gasteiger partial charge in [0.05, 0.1) is 19.8 Å². The molecule has 0 bridgehead atoms. The first-order valence-electron chi connectivity index (χ1n) is 9.86. The molecule has 3 rings (SSSR count). The molecule has 1 aromatic carbocycles. The van der Waals surface area contributed by atoms with E-state index in [2.05, 4.69) is 10.3 Å². The number of fused-ring (bicyclic) bond motifs is 1. The highest BCUT2D eigenvalue weighted by Gasteiger charge is 2.33. The minimum absolute atomic E-state index is 0.0802. The standard InChI is InChI=1S/C22H29N3O4/c1-14-12-25(15(2)13-26)22(27)19-9-17(16-5-7-18(28-4)8-6-16)10-24-21(19)29-20(14)11-23-3/h5-10,14-15,20,23,26H,11-13H2,1-4H3/t14-,15-,20+/m0/s1. The lowest BCUT2D eigenvalue weighted by Gasteiger charge is -2.36. The fourth-order valence-electron chi connectivity index (χ4n) is 3.49. The van der Waals surface area contributed by atoms with Gasteiger partial charge in [0, 0.05) is 30.8 Å². The largest absolute Gasteiger partial charge is 0.497 e. The van der Waals surface area contributed by atoms with Crippen molar-refractivity contribution in [1.29, 1.82) is 0 Å². The lowest BCUT2D eigenvalue weighted by Crippen LogP contribution is -2.49. The average molecular weight is 399 g/mol. The Labute approximate surface area is 171 Å². The van der Waals surface area contributed by atoms with Crippen LogP contribution in [0.3, 0.4) is 0 Å². The summed E-state index contributed by atoms with van der Waals surface area (Å²) >= 11 is 0. The number of aliphatic hydroxyl groups excluding tert-OH is 1. The van der Waals surface area contributed by atoms with Crippen molar-refractivity contribution >= 4 is 5.91 Å². The number of pyridine rings is 1. The SMILES string of the molecule is CNC[C@H]1Oc2ncc(-c3ccc(OC)cc3)cc2C(=O)N([C@@H](C)CO)C[C@@H]1C. The van der Waals surface area contributed by atoms with Crippen LogP contribution in [0.15, 0.2) is 36.5 Å². The van der Waals surface area contributed by atoms with Crippen LogP contribution in [-0.2, 0) is 0 Å². The van der Waals surface area contributed by atoms with E-state index in [9.17, 15) is 9.90 Å². The van der Waals surface area contributed by atoms with Crippen molar-refractivity contribution in [3.8, 4) is 22.8 Å². The lowest BCUT2D eigenvalue weighted by molar-refractivity contribution is 0.0404. The number of hydrogen-bond donors (Lipinski definition) is 2. The number of hydrogen-bond acceptors (Lipinski definition) is 6. The van der Waals surface area contributed by atoms with Crippen LogP contribution in [-0.4, -0.2) is 66.9 Å². The predicted octanol–water partition coefficient (Wildman–Crippen LogP) is 2.20. The van der Waals surface area contributed by atoms with Gasteiger partial charge in [-0.2, -0.15) is 0 Å². The van der Waals surface area contributed by atoms with E-state index in [0.717, 1.165) is 16.9 Å². The number of aromatic nitrogens is 1. The second-order valence-electron chi connectivity index (χ2n) is 7.49. The molecule has 0 saturated carbocycles. The van der Waals surface area contributed by atoms with E-state index in [4.69, 9.17) is 9.47 Å². The third-order valence-electron chi connectivity index (χ3n) is 5.35. The van der Waals surface area contributed by atoms with E-state index >= 15 is 0 Å². The number of nitrogens with one attached hydrogen (secondary N) is 1. The molecule has 0 saturated heterocycles. The summed E-state index contributed by atoms with van der Waals surface area (Å²) in [6.45, 7) is 4.93. The first-order chi connectivity index (χ1) is 14.0. The number of nitrogens with zero attached hydrogens (tertiary/aromatic N) is 2. The molecule has 3 atom stereocenters. The summed E-state index contributed by atoms with van der Waals surface area (Å²) in [6.07, 6.45) is 1.58. The molecule has 156 valence electrons. The van der Waals surface area contributed by atoms with Crippen LogP contribution in [0.1, 0.15) is 24.2 Å². The van der Waals surface area contributed by atoms with Crippen LogP contribution in [0.5, 0.6) is 11.6 Å². The summed E-state index contributed by atoms with van der Waals surface area (Å²) in [5, 5.41) is 12.8. The minimum atomic E-state index is -0.296. The number of ether oxygens (including phenoxy) is 2. The maximum absolute atomic E-state index is 13.3. The summed E-state index contributed by atoms with van der Waals surface area (Å²) in [6, 6.07) is 9.11. The normalized spacial score (nSPS) is 20.3. The second kappa shape index (κ2) is 9.24. The van der Waals surface area contributed by atoms with E-state index < -0.39 is 0 Å². The van der Waals surface area contributed by atoms with Crippen LogP contribution >= 0.6 is 0 Å². The van der Waals surface area contributed by atoms with Crippen molar-refractivity contribution in [2.75, 3.05) is 33.9 Å². The first-order valence-corrected chi connectivity index (χ1v) is 9.86. The topological polar surface area (TPSA) is 83.9 Å². The summed E-state index contributed by atoms with van der Waals surface area (Å²) < 4.78 is 11.4. The zero-order chi connectivity index (χ0) is 21.0. The smallest absolute Gasteiger partial charge is 0.259 e. The van der Waals surface area contributed by atoms with Gasteiger partial charge in [-0.05, 0) is 37.7 Å². The molecule has 0 unspecified atom stereocenters. The highest BCUT2D eigenvalue weighted by molar-refractivity contribution is 5.98. The molecule has 0 fully saturated rings. The molecule has 1 aliphatic rings. The number of aliphatic hydroxyl groups is 1. The Hall–Kier alpha value is -2.64. The van der Waals surface area contributed by atoms with Crippen molar-refractivity contribution in [3.05, 3.63) is 42.1 Å². The number of benzene rings is 1. The molecule has 7 nitrogen and oxygen atoms in total. The fourth-order valence-corrected chi connectivity index (χ4v) is 3.49. The number of methoxy groups -OCH3 is 1. The van der Waals surface area contributed by atoms with Gasteiger partial charge in [-0.15, -0.1) is 0 Å². The first kappa shape index (κ1) is 21.1. The van der Waals surface area contributed by atoms with Crippen molar-refractivity contribution in [3.63, 3.8) is 0 Å². The highest BCUT2D eigenvalue weighted by Crippen LogP contribution is 2.30. The van der Waals surface area contributed by atoms with Crippen molar-refractivity contribution in [2.45, 2.75) is 26.0 Å². The third-order valence-corrected chi connectivity index (χ3v) is 5.35. The quantitative estimate of drug-likeness (QED) is 0.775. The Balaban J connectivity index is 2.04. The number of rotatable bonds is 6. The molecule has 7 heteroatoms. The predicted molar refractivity (Wildman–Crippen MR) is 111 cm³/mol. The average Bonchev–Trinajstić information content (AvgIpc) is 2.75. The van der Waals surface area contributed by atoms with Gasteiger partial charge in [-0.1, -0.05) is 19.1 Å². The van der Waals surface area contributed by atoms with E-state index in [1.54, 1.807) is 18.2 Å². The zero-order valence-electron chi connectivity index (χ0n) is 17.4. The molecule has 2 aromatic rings. The molecule has 1 aromatic heterocycles. The summed E-state index contributed by atoms with van der Waals surface area (Å²) in [5.74, 6) is 0.990. The van der Waals surface area contributed by atoms with E-state index in [0.29, 0.717) is 24.5 Å². The van der Waals surface area contributed by atoms with Gasteiger partial charge in [0.1, 0.15) is 17.4 Å². The molecule has 0 aliphatic carbocycles. The Morgan fingerprint density at radius 2 is 2.07 bits per heavy atom. The summed E-state index contributed by atoms with van der Waals surface area (Å²) in [5.41, 5.74) is 2.16. The van der Waals surface area contributed by atoms with Crippen LogP contribution < -0.4 is 14.8 Å². The third kappa shape index (κ3) is 4.52. The van der Waals surface area contributed by atoms with Crippen LogP contribution in [0.2, 0.25) is 0 Å². The number of carbonyl (C=O) groups excluding carboxylic acids is 1. The van der Waals surface area contributed by atoms with Gasteiger partial charge in [0.2, 0.25) is 5.88 Å². The molecule has 1 aliphatic heterocycles. The number of amides is 1.